The molecule has 34 heavy (non-hydrogen) atoms. The van der Waals surface area contributed by atoms with Crippen LogP contribution >= 0.6 is 11.3 Å². The van der Waals surface area contributed by atoms with Gasteiger partial charge < -0.3 is 14.7 Å². The second kappa shape index (κ2) is 7.95. The zero-order chi connectivity index (χ0) is 23.4. The number of hydrogen-bond donors (Lipinski definition) is 2. The fourth-order valence-corrected chi connectivity index (χ4v) is 6.14. The molecule has 2 aromatic carbocycles. The monoisotopic (exact) mass is 475 g/mol. The average Bonchev–Trinajstić information content (AvgIpc) is 3.20. The molecule has 1 aromatic heterocycles. The zero-order valence-corrected chi connectivity index (χ0v) is 18.8. The third kappa shape index (κ3) is 3.43. The van der Waals surface area contributed by atoms with E-state index in [4.69, 9.17) is 9.84 Å². The molecule has 3 aromatic rings. The van der Waals surface area contributed by atoms with Gasteiger partial charge in [0, 0.05) is 19.0 Å². The summed E-state index contributed by atoms with van der Waals surface area (Å²) in [6, 6.07) is 16.2. The maximum Gasteiger partial charge on any atom is 0.413 e. The Balaban J connectivity index is 1.06. The molecule has 1 saturated carbocycles. The highest BCUT2D eigenvalue weighted by molar-refractivity contribution is 7.17. The number of carboxylic acid groups (broad SMARTS) is 1. The van der Waals surface area contributed by atoms with Crippen molar-refractivity contribution in [2.75, 3.05) is 25.0 Å². The number of carbonyl (C=O) groups excluding carboxylic acids is 2. The Morgan fingerprint density at radius 3 is 2.26 bits per heavy atom. The average molecular weight is 476 g/mol. The summed E-state index contributed by atoms with van der Waals surface area (Å²) < 4.78 is 5.53. The summed E-state index contributed by atoms with van der Waals surface area (Å²) in [6.07, 6.45) is 0.812. The molecular weight excluding hydrogens is 454 g/mol. The molecule has 172 valence electrons. The number of amides is 2. The summed E-state index contributed by atoms with van der Waals surface area (Å²) >= 11 is 1.08. The maximum absolute atomic E-state index is 12.7. The smallest absolute Gasteiger partial charge is 0.413 e. The Bertz CT molecular complexity index is 1260. The van der Waals surface area contributed by atoms with Crippen molar-refractivity contribution >= 4 is 34.4 Å². The largest absolute Gasteiger partial charge is 0.481 e. The summed E-state index contributed by atoms with van der Waals surface area (Å²) in [5, 5.41) is 12.0. The van der Waals surface area contributed by atoms with Gasteiger partial charge in [-0.15, -0.1) is 0 Å². The van der Waals surface area contributed by atoms with Crippen molar-refractivity contribution in [2.24, 2.45) is 17.8 Å². The lowest BCUT2D eigenvalue weighted by atomic mass is 9.98. The summed E-state index contributed by atoms with van der Waals surface area (Å²) in [7, 11) is 0. The normalized spacial score (nSPS) is 22.0. The Labute approximate surface area is 199 Å². The molecule has 0 bridgehead atoms. The van der Waals surface area contributed by atoms with Crippen LogP contribution in [0.1, 0.15) is 26.7 Å². The lowest BCUT2D eigenvalue weighted by Gasteiger charge is -2.17. The molecule has 2 aliphatic carbocycles. The number of likely N-dealkylation sites (tertiary alicyclic amines) is 1. The number of anilines is 1. The number of fused-ring (bicyclic) bond motifs is 4. The summed E-state index contributed by atoms with van der Waals surface area (Å²) in [5.74, 6) is -1.23. The van der Waals surface area contributed by atoms with Crippen LogP contribution in [-0.2, 0) is 9.53 Å². The van der Waals surface area contributed by atoms with Gasteiger partial charge in [0.05, 0.1) is 12.1 Å². The molecule has 0 radical (unpaired) electrons. The SMILES string of the molecule is O=C(Nc1ncc(C(=O)N2C[C@@H]3C(C(=O)O)[C@@H]3C2)s1)OCC1c2ccccc2-c2ccccc21. The zero-order valence-electron chi connectivity index (χ0n) is 18.0. The number of carbonyl (C=O) groups is 3. The third-order valence-corrected chi connectivity index (χ3v) is 7.94. The van der Waals surface area contributed by atoms with Crippen LogP contribution in [0.2, 0.25) is 0 Å². The number of piperidine rings is 1. The van der Waals surface area contributed by atoms with Gasteiger partial charge in [-0.25, -0.2) is 9.78 Å². The molecule has 1 aliphatic heterocycles. The molecule has 2 N–H and O–H groups in total. The van der Waals surface area contributed by atoms with Crippen LogP contribution in [0.25, 0.3) is 11.1 Å². The molecule has 6 rings (SSSR count). The van der Waals surface area contributed by atoms with E-state index in [1.165, 1.54) is 6.20 Å². The minimum atomic E-state index is -0.783. The Hall–Kier alpha value is -3.72. The summed E-state index contributed by atoms with van der Waals surface area (Å²) in [4.78, 5) is 42.5. The van der Waals surface area contributed by atoms with E-state index in [-0.39, 0.29) is 41.3 Å². The van der Waals surface area contributed by atoms with Gasteiger partial charge in [0.25, 0.3) is 5.91 Å². The van der Waals surface area contributed by atoms with E-state index < -0.39 is 12.1 Å². The summed E-state index contributed by atoms with van der Waals surface area (Å²) in [6.45, 7) is 1.10. The fourth-order valence-electron chi connectivity index (χ4n) is 5.37. The molecule has 3 aliphatic rings. The molecule has 8 nitrogen and oxygen atoms in total. The predicted molar refractivity (Wildman–Crippen MR) is 125 cm³/mol. The Kier molecular flexibility index (Phi) is 4.88. The topological polar surface area (TPSA) is 109 Å². The van der Waals surface area contributed by atoms with Crippen molar-refractivity contribution in [1.82, 2.24) is 9.88 Å². The molecule has 1 saturated heterocycles. The number of thiazole rings is 1. The molecule has 2 amide bonds. The van der Waals surface area contributed by atoms with Gasteiger partial charge in [0.1, 0.15) is 11.5 Å². The fraction of sp³-hybridized carbons (Fsp3) is 0.280. The van der Waals surface area contributed by atoms with E-state index in [0.717, 1.165) is 33.6 Å². The Morgan fingerprint density at radius 1 is 1.03 bits per heavy atom. The van der Waals surface area contributed by atoms with Gasteiger partial charge in [-0.3, -0.25) is 14.9 Å². The number of nitrogens with one attached hydrogen (secondary N) is 1. The van der Waals surface area contributed by atoms with Gasteiger partial charge in [0.2, 0.25) is 0 Å². The molecule has 2 fully saturated rings. The molecule has 9 heteroatoms. The highest BCUT2D eigenvalue weighted by Crippen LogP contribution is 2.52. The number of rotatable bonds is 5. The quantitative estimate of drug-likeness (QED) is 0.579. The van der Waals surface area contributed by atoms with Gasteiger partial charge >= 0.3 is 12.1 Å². The van der Waals surface area contributed by atoms with E-state index in [9.17, 15) is 14.4 Å². The molecule has 2 heterocycles. The Morgan fingerprint density at radius 2 is 1.65 bits per heavy atom. The first-order valence-corrected chi connectivity index (χ1v) is 11.9. The van der Waals surface area contributed by atoms with Crippen LogP contribution in [-0.4, -0.2) is 52.7 Å². The van der Waals surface area contributed by atoms with Gasteiger partial charge in [-0.1, -0.05) is 59.9 Å². The molecular formula is C25H21N3O5S. The number of benzene rings is 2. The summed E-state index contributed by atoms with van der Waals surface area (Å²) in [5.41, 5.74) is 4.58. The number of nitrogens with zero attached hydrogens (tertiary/aromatic N) is 2. The van der Waals surface area contributed by atoms with Crippen LogP contribution in [0.3, 0.4) is 0 Å². The molecule has 0 spiro atoms. The number of hydrogen-bond acceptors (Lipinski definition) is 6. The number of ether oxygens (including phenoxy) is 1. The van der Waals surface area contributed by atoms with E-state index in [0.29, 0.717) is 18.0 Å². The van der Waals surface area contributed by atoms with Crippen molar-refractivity contribution in [3.8, 4) is 11.1 Å². The molecule has 1 unspecified atom stereocenters. The van der Waals surface area contributed by atoms with Gasteiger partial charge in [0.15, 0.2) is 5.13 Å². The van der Waals surface area contributed by atoms with Crippen LogP contribution in [0.5, 0.6) is 0 Å². The second-order valence-corrected chi connectivity index (χ2v) is 9.91. The maximum atomic E-state index is 12.7. The third-order valence-electron chi connectivity index (χ3n) is 7.04. The van der Waals surface area contributed by atoms with Crippen molar-refractivity contribution in [3.05, 3.63) is 70.7 Å². The first-order valence-electron chi connectivity index (χ1n) is 11.1. The minimum Gasteiger partial charge on any atom is -0.481 e. The van der Waals surface area contributed by atoms with E-state index >= 15 is 0 Å². The standard InChI is InChI=1S/C25H21N3O5S/c29-22(28-10-17-18(11-28)21(17)23(30)31)20-9-26-24(34-20)27-25(32)33-12-19-15-7-3-1-5-13(15)14-6-2-4-8-16(14)19/h1-9,17-19,21H,10-12H2,(H,30,31)(H,26,27,32)/t17-,18+,21?. The van der Waals surface area contributed by atoms with Gasteiger partial charge in [-0.05, 0) is 34.1 Å². The van der Waals surface area contributed by atoms with E-state index in [2.05, 4.69) is 34.6 Å². The number of carboxylic acids is 1. The lowest BCUT2D eigenvalue weighted by molar-refractivity contribution is -0.139. The second-order valence-electron chi connectivity index (χ2n) is 8.88. The van der Waals surface area contributed by atoms with Gasteiger partial charge in [-0.2, -0.15) is 0 Å². The molecule has 3 atom stereocenters. The van der Waals surface area contributed by atoms with Crippen LogP contribution in [0, 0.1) is 17.8 Å². The van der Waals surface area contributed by atoms with Crippen molar-refractivity contribution in [1.29, 1.82) is 0 Å². The number of aromatic nitrogens is 1. The van der Waals surface area contributed by atoms with E-state index in [1.807, 2.05) is 24.3 Å². The van der Waals surface area contributed by atoms with Crippen molar-refractivity contribution in [3.63, 3.8) is 0 Å². The minimum absolute atomic E-state index is 0.0391. The van der Waals surface area contributed by atoms with Crippen molar-refractivity contribution < 1.29 is 24.2 Å². The van der Waals surface area contributed by atoms with Crippen molar-refractivity contribution in [2.45, 2.75) is 5.92 Å². The first kappa shape index (κ1) is 20.9. The highest BCUT2D eigenvalue weighted by atomic mass is 32.1. The van der Waals surface area contributed by atoms with Crippen LogP contribution in [0.15, 0.2) is 54.7 Å². The van der Waals surface area contributed by atoms with E-state index in [1.54, 1.807) is 4.90 Å². The van der Waals surface area contributed by atoms with Crippen LogP contribution < -0.4 is 5.32 Å². The first-order chi connectivity index (χ1) is 16.5. The lowest BCUT2D eigenvalue weighted by Crippen LogP contribution is -2.32. The highest BCUT2D eigenvalue weighted by Gasteiger charge is 2.60. The number of aliphatic carboxylic acids is 1. The predicted octanol–water partition coefficient (Wildman–Crippen LogP) is 3.91. The van der Waals surface area contributed by atoms with Crippen LogP contribution in [0.4, 0.5) is 9.93 Å².